The molecule has 1 aliphatic rings. The van der Waals surface area contributed by atoms with Crippen LogP contribution in [0.1, 0.15) is 24.2 Å². The predicted molar refractivity (Wildman–Crippen MR) is 70.0 cm³/mol. The molecule has 0 bridgehead atoms. The fourth-order valence-corrected chi connectivity index (χ4v) is 2.48. The van der Waals surface area contributed by atoms with Crippen LogP contribution < -0.4 is 0 Å². The quantitative estimate of drug-likeness (QED) is 0.790. The molecule has 3 nitrogen and oxygen atoms in total. The van der Waals surface area contributed by atoms with E-state index in [0.29, 0.717) is 13.2 Å². The van der Waals surface area contributed by atoms with Crippen molar-refractivity contribution in [2.24, 2.45) is 0 Å². The van der Waals surface area contributed by atoms with Gasteiger partial charge < -0.3 is 9.64 Å². The third kappa shape index (κ3) is 2.95. The van der Waals surface area contributed by atoms with Gasteiger partial charge in [-0.25, -0.2) is 8.78 Å². The first-order chi connectivity index (χ1) is 8.90. The first-order valence-electron chi connectivity index (χ1n) is 5.97. The number of nitrogens with zero attached hydrogens (tertiary/aromatic N) is 1. The van der Waals surface area contributed by atoms with Crippen LogP contribution in [0.25, 0.3) is 0 Å². The Morgan fingerprint density at radius 3 is 2.53 bits per heavy atom. The zero-order valence-electron chi connectivity index (χ0n) is 10.6. The summed E-state index contributed by atoms with van der Waals surface area (Å²) in [5, 5.41) is 0. The van der Waals surface area contributed by atoms with E-state index in [0.717, 1.165) is 12.1 Å². The van der Waals surface area contributed by atoms with E-state index in [1.807, 2.05) is 6.92 Å². The van der Waals surface area contributed by atoms with Crippen molar-refractivity contribution in [2.75, 3.05) is 13.2 Å². The molecule has 0 saturated carbocycles. The fourth-order valence-electron chi connectivity index (χ4n) is 2.08. The van der Waals surface area contributed by atoms with Gasteiger partial charge in [0.1, 0.15) is 17.2 Å². The zero-order valence-corrected chi connectivity index (χ0v) is 12.2. The molecule has 0 radical (unpaired) electrons. The monoisotopic (exact) mass is 333 g/mol. The van der Waals surface area contributed by atoms with E-state index in [4.69, 9.17) is 4.74 Å². The molecule has 2 atom stereocenters. The van der Waals surface area contributed by atoms with Gasteiger partial charge in [-0.15, -0.1) is 0 Å². The van der Waals surface area contributed by atoms with Gasteiger partial charge in [-0.3, -0.25) is 4.79 Å². The van der Waals surface area contributed by atoms with Gasteiger partial charge in [-0.1, -0.05) is 15.9 Å². The minimum atomic E-state index is -0.858. The van der Waals surface area contributed by atoms with E-state index in [1.165, 1.54) is 4.90 Å². The number of carbonyl (C=O) groups is 1. The van der Waals surface area contributed by atoms with E-state index in [9.17, 15) is 13.6 Å². The van der Waals surface area contributed by atoms with Crippen molar-refractivity contribution in [1.29, 1.82) is 0 Å². The highest BCUT2D eigenvalue weighted by Gasteiger charge is 2.31. The summed E-state index contributed by atoms with van der Waals surface area (Å²) >= 11 is 2.99. The summed E-state index contributed by atoms with van der Waals surface area (Å²) in [5.74, 6) is -2.35. The molecule has 0 N–H and O–H groups in total. The van der Waals surface area contributed by atoms with E-state index in [-0.39, 0.29) is 16.6 Å². The lowest BCUT2D eigenvalue weighted by Crippen LogP contribution is -2.50. The maximum atomic E-state index is 13.8. The number of hydrogen-bond acceptors (Lipinski definition) is 2. The second-order valence-corrected chi connectivity index (χ2v) is 5.61. The largest absolute Gasteiger partial charge is 0.375 e. The molecular formula is C13H14BrF2NO2. The van der Waals surface area contributed by atoms with Crippen molar-refractivity contribution in [2.45, 2.75) is 26.0 Å². The molecule has 1 aromatic carbocycles. The van der Waals surface area contributed by atoms with Gasteiger partial charge in [-0.05, 0) is 26.0 Å². The third-order valence-electron chi connectivity index (χ3n) is 3.09. The van der Waals surface area contributed by atoms with Crippen molar-refractivity contribution in [3.8, 4) is 0 Å². The summed E-state index contributed by atoms with van der Waals surface area (Å²) < 4.78 is 33.2. The highest BCUT2D eigenvalue weighted by atomic mass is 79.9. The molecule has 2 unspecified atom stereocenters. The number of carbonyl (C=O) groups excluding carboxylic acids is 1. The van der Waals surface area contributed by atoms with Crippen molar-refractivity contribution < 1.29 is 18.3 Å². The Kier molecular flexibility index (Phi) is 4.20. The number of morpholine rings is 1. The molecular weight excluding hydrogens is 320 g/mol. The van der Waals surface area contributed by atoms with E-state index >= 15 is 0 Å². The zero-order chi connectivity index (χ0) is 14.2. The van der Waals surface area contributed by atoms with Crippen LogP contribution in [0, 0.1) is 11.6 Å². The Hall–Kier alpha value is -1.01. The van der Waals surface area contributed by atoms with E-state index in [2.05, 4.69) is 15.9 Å². The number of ether oxygens (including phenoxy) is 1. The summed E-state index contributed by atoms with van der Waals surface area (Å²) in [4.78, 5) is 13.7. The number of rotatable bonds is 1. The topological polar surface area (TPSA) is 29.5 Å². The van der Waals surface area contributed by atoms with Crippen molar-refractivity contribution in [3.63, 3.8) is 0 Å². The molecule has 1 fully saturated rings. The predicted octanol–water partition coefficient (Wildman–Crippen LogP) is 2.98. The van der Waals surface area contributed by atoms with Crippen LogP contribution in [-0.4, -0.2) is 36.1 Å². The van der Waals surface area contributed by atoms with Gasteiger partial charge in [0, 0.05) is 11.0 Å². The van der Waals surface area contributed by atoms with Crippen molar-refractivity contribution in [3.05, 3.63) is 33.8 Å². The van der Waals surface area contributed by atoms with Crippen LogP contribution in [0.2, 0.25) is 0 Å². The Balaban J connectivity index is 2.33. The average Bonchev–Trinajstić information content (AvgIpc) is 2.30. The summed E-state index contributed by atoms with van der Waals surface area (Å²) in [6.07, 6.45) is -0.137. The number of benzene rings is 1. The van der Waals surface area contributed by atoms with Crippen LogP contribution in [0.4, 0.5) is 8.78 Å². The lowest BCUT2D eigenvalue weighted by atomic mass is 10.1. The van der Waals surface area contributed by atoms with Crippen LogP contribution >= 0.6 is 15.9 Å². The molecule has 1 aliphatic heterocycles. The average molecular weight is 334 g/mol. The van der Waals surface area contributed by atoms with Crippen molar-refractivity contribution in [1.82, 2.24) is 4.90 Å². The summed E-state index contributed by atoms with van der Waals surface area (Å²) in [7, 11) is 0. The normalized spacial score (nSPS) is 23.5. The second-order valence-electron chi connectivity index (χ2n) is 4.69. The van der Waals surface area contributed by atoms with E-state index < -0.39 is 23.1 Å². The smallest absolute Gasteiger partial charge is 0.260 e. The Morgan fingerprint density at radius 2 is 1.95 bits per heavy atom. The minimum absolute atomic E-state index is 0.137. The van der Waals surface area contributed by atoms with Crippen molar-refractivity contribution >= 4 is 21.8 Å². The molecule has 1 amide bonds. The van der Waals surface area contributed by atoms with E-state index in [1.54, 1.807) is 6.92 Å². The Bertz CT molecular complexity index is 486. The highest BCUT2D eigenvalue weighted by Crippen LogP contribution is 2.23. The molecule has 6 heteroatoms. The van der Waals surface area contributed by atoms with Gasteiger partial charge in [0.2, 0.25) is 0 Å². The molecule has 19 heavy (non-hydrogen) atoms. The highest BCUT2D eigenvalue weighted by molar-refractivity contribution is 9.10. The maximum absolute atomic E-state index is 13.8. The molecule has 1 saturated heterocycles. The maximum Gasteiger partial charge on any atom is 0.260 e. The number of amides is 1. The van der Waals surface area contributed by atoms with Crippen LogP contribution in [0.15, 0.2) is 16.6 Å². The lowest BCUT2D eigenvalue weighted by Gasteiger charge is -2.36. The van der Waals surface area contributed by atoms with Gasteiger partial charge >= 0.3 is 0 Å². The molecule has 0 spiro atoms. The van der Waals surface area contributed by atoms with Gasteiger partial charge in [0.25, 0.3) is 5.91 Å². The minimum Gasteiger partial charge on any atom is -0.375 e. The first-order valence-corrected chi connectivity index (χ1v) is 6.76. The van der Waals surface area contributed by atoms with Crippen LogP contribution in [-0.2, 0) is 4.74 Å². The first kappa shape index (κ1) is 14.4. The standard InChI is InChI=1S/C13H14BrF2NO2/c1-7-6-19-8(2)5-17(7)13(18)12-10(15)3-9(14)4-11(12)16/h3-4,7-8H,5-6H2,1-2H3. The lowest BCUT2D eigenvalue weighted by molar-refractivity contribution is -0.0390. The molecule has 0 aliphatic carbocycles. The van der Waals surface area contributed by atoms with Gasteiger partial charge in [-0.2, -0.15) is 0 Å². The summed E-state index contributed by atoms with van der Waals surface area (Å²) in [5.41, 5.74) is -0.510. The second kappa shape index (κ2) is 5.54. The SMILES string of the molecule is CC1CN(C(=O)c2c(F)cc(Br)cc2F)C(C)CO1. The summed E-state index contributed by atoms with van der Waals surface area (Å²) in [6.45, 7) is 4.31. The molecule has 2 rings (SSSR count). The summed E-state index contributed by atoms with van der Waals surface area (Å²) in [6, 6.07) is 1.97. The van der Waals surface area contributed by atoms with Gasteiger partial charge in [0.05, 0.1) is 18.8 Å². The molecule has 104 valence electrons. The fraction of sp³-hybridized carbons (Fsp3) is 0.462. The Morgan fingerprint density at radius 1 is 1.37 bits per heavy atom. The number of hydrogen-bond donors (Lipinski definition) is 0. The number of halogens is 3. The van der Waals surface area contributed by atoms with Crippen LogP contribution in [0.3, 0.4) is 0 Å². The molecule has 0 aromatic heterocycles. The third-order valence-corrected chi connectivity index (χ3v) is 3.55. The van der Waals surface area contributed by atoms with Gasteiger partial charge in [0.15, 0.2) is 0 Å². The molecule has 1 aromatic rings. The molecule has 1 heterocycles. The van der Waals surface area contributed by atoms with Crippen LogP contribution in [0.5, 0.6) is 0 Å². The Labute approximate surface area is 118 Å².